The van der Waals surface area contributed by atoms with E-state index in [2.05, 4.69) is 192 Å². The number of hydrogen-bond donors (Lipinski definition) is 0. The molecule has 0 amide bonds. The van der Waals surface area contributed by atoms with Crippen LogP contribution in [0.3, 0.4) is 0 Å². The summed E-state index contributed by atoms with van der Waals surface area (Å²) in [7, 11) is 0. The number of rotatable bonds is 6. The van der Waals surface area contributed by atoms with Crippen LogP contribution in [0.4, 0.5) is 34.1 Å². The normalized spacial score (nSPS) is 12.0. The van der Waals surface area contributed by atoms with E-state index in [1.165, 1.54) is 43.8 Å². The number of anilines is 6. The zero-order valence-corrected chi connectivity index (χ0v) is 32.3. The van der Waals surface area contributed by atoms with Crippen LogP contribution in [0.2, 0.25) is 0 Å². The van der Waals surface area contributed by atoms with Crippen molar-refractivity contribution in [1.29, 1.82) is 0 Å². The number of para-hydroxylation sites is 6. The van der Waals surface area contributed by atoms with Crippen molar-refractivity contribution in [1.82, 2.24) is 0 Å². The lowest BCUT2D eigenvalue weighted by Crippen LogP contribution is -2.10. The molecule has 1 aliphatic rings. The monoisotopic (exact) mass is 766 g/mol. The van der Waals surface area contributed by atoms with Crippen molar-refractivity contribution in [2.75, 3.05) is 9.80 Å². The molecule has 2 heterocycles. The van der Waals surface area contributed by atoms with E-state index in [9.17, 15) is 0 Å². The van der Waals surface area contributed by atoms with Crippen molar-refractivity contribution in [2.24, 2.45) is 0 Å². The molecule has 0 aliphatic heterocycles. The molecule has 0 fully saturated rings. The van der Waals surface area contributed by atoms with Gasteiger partial charge >= 0.3 is 0 Å². The molecular weight excluding hydrogens is 733 g/mol. The Morgan fingerprint density at radius 3 is 1.10 bits per heavy atom. The van der Waals surface area contributed by atoms with Crippen molar-refractivity contribution in [3.05, 3.63) is 206 Å². The Morgan fingerprint density at radius 1 is 0.267 bits per heavy atom. The van der Waals surface area contributed by atoms with Gasteiger partial charge in [0.15, 0.2) is 11.2 Å². The van der Waals surface area contributed by atoms with Gasteiger partial charge < -0.3 is 18.6 Å². The minimum absolute atomic E-state index is 0.877. The van der Waals surface area contributed by atoms with E-state index in [4.69, 9.17) is 8.83 Å². The van der Waals surface area contributed by atoms with Gasteiger partial charge in [-0.05, 0) is 141 Å². The van der Waals surface area contributed by atoms with Gasteiger partial charge in [0, 0.05) is 44.3 Å². The molecule has 280 valence electrons. The Hall–Kier alpha value is -8.08. The summed E-state index contributed by atoms with van der Waals surface area (Å²) in [6.45, 7) is 0. The molecule has 0 saturated carbocycles. The first-order valence-corrected chi connectivity index (χ1v) is 20.4. The zero-order valence-electron chi connectivity index (χ0n) is 32.3. The highest BCUT2D eigenvalue weighted by Crippen LogP contribution is 2.52. The molecule has 0 radical (unpaired) electrons. The third-order valence-corrected chi connectivity index (χ3v) is 12.3. The average molecular weight is 767 g/mol. The van der Waals surface area contributed by atoms with Gasteiger partial charge in [0.2, 0.25) is 0 Å². The standard InChI is InChI=1S/C56H34N2O2/c1-3-13-39(14-4-1)57(51-21-11-19-45-43-17-7-9-23-53(43)59-55(45)51)41-27-25-35-31-47-49(33-37(35)29-41)48-32-36-26-28-42(30-38(36)34-50(47)48)58(40-15-5-2-6-16-40)52-22-12-20-46-44-18-8-10-24-54(44)60-56(46)52/h1-34H. The van der Waals surface area contributed by atoms with Crippen molar-refractivity contribution >= 4 is 99.5 Å². The van der Waals surface area contributed by atoms with Crippen LogP contribution in [0.1, 0.15) is 0 Å². The molecule has 0 spiro atoms. The molecule has 0 unspecified atom stereocenters. The van der Waals surface area contributed by atoms with Crippen LogP contribution in [0.15, 0.2) is 215 Å². The maximum Gasteiger partial charge on any atom is 0.159 e. The molecule has 4 heteroatoms. The van der Waals surface area contributed by atoms with E-state index in [1.807, 2.05) is 24.3 Å². The molecule has 0 bridgehead atoms. The Morgan fingerprint density at radius 2 is 0.650 bits per heavy atom. The van der Waals surface area contributed by atoms with E-state index in [0.29, 0.717) is 0 Å². The van der Waals surface area contributed by atoms with Crippen LogP contribution in [0.5, 0.6) is 0 Å². The van der Waals surface area contributed by atoms with Gasteiger partial charge in [-0.25, -0.2) is 0 Å². The van der Waals surface area contributed by atoms with Gasteiger partial charge in [-0.3, -0.25) is 0 Å². The second kappa shape index (κ2) is 12.7. The van der Waals surface area contributed by atoms with Crippen LogP contribution in [0, 0.1) is 0 Å². The molecule has 2 aromatic heterocycles. The molecule has 0 N–H and O–H groups in total. The summed E-state index contributed by atoms with van der Waals surface area (Å²) in [6, 6.07) is 73.6. The third-order valence-electron chi connectivity index (χ3n) is 12.3. The summed E-state index contributed by atoms with van der Waals surface area (Å²) in [5.74, 6) is 0. The zero-order chi connectivity index (χ0) is 39.3. The number of benzene rings is 10. The fourth-order valence-corrected chi connectivity index (χ4v) is 9.50. The topological polar surface area (TPSA) is 32.8 Å². The Kier molecular flexibility index (Phi) is 6.98. The van der Waals surface area contributed by atoms with Gasteiger partial charge in [-0.2, -0.15) is 0 Å². The van der Waals surface area contributed by atoms with Crippen LogP contribution >= 0.6 is 0 Å². The molecule has 0 saturated heterocycles. The van der Waals surface area contributed by atoms with Gasteiger partial charge in [-0.15, -0.1) is 0 Å². The van der Waals surface area contributed by atoms with E-state index >= 15 is 0 Å². The first-order chi connectivity index (χ1) is 29.7. The molecule has 10 aromatic carbocycles. The third kappa shape index (κ3) is 4.91. The van der Waals surface area contributed by atoms with E-state index in [0.717, 1.165) is 78.0 Å². The second-order valence-electron chi connectivity index (χ2n) is 15.7. The van der Waals surface area contributed by atoms with Crippen molar-refractivity contribution < 1.29 is 8.83 Å². The lowest BCUT2D eigenvalue weighted by atomic mass is 9.78. The van der Waals surface area contributed by atoms with E-state index in [1.54, 1.807) is 0 Å². The Labute approximate surface area is 345 Å². The molecule has 12 aromatic rings. The van der Waals surface area contributed by atoms with Gasteiger partial charge in [-0.1, -0.05) is 109 Å². The molecule has 4 nitrogen and oxygen atoms in total. The highest BCUT2D eigenvalue weighted by molar-refractivity contribution is 6.14. The Balaban J connectivity index is 0.912. The lowest BCUT2D eigenvalue weighted by molar-refractivity contribution is 0.668. The van der Waals surface area contributed by atoms with Crippen molar-refractivity contribution in [3.63, 3.8) is 0 Å². The first kappa shape index (κ1) is 32.9. The summed E-state index contributed by atoms with van der Waals surface area (Å²) in [6.07, 6.45) is 0. The SMILES string of the molecule is c1ccc(N(c2ccc3cc4c(cc3c2)-c2cc3ccc(N(c5ccccc5)c5cccc6c5oc5ccccc56)cc3cc2-4)c2cccc3c2oc2ccccc23)cc1. The van der Waals surface area contributed by atoms with Crippen LogP contribution in [-0.2, 0) is 0 Å². The van der Waals surface area contributed by atoms with Crippen molar-refractivity contribution in [2.45, 2.75) is 0 Å². The highest BCUT2D eigenvalue weighted by Gasteiger charge is 2.26. The molecule has 13 rings (SSSR count). The fraction of sp³-hybridized carbons (Fsp3) is 0. The fourth-order valence-electron chi connectivity index (χ4n) is 9.50. The summed E-state index contributed by atoms with van der Waals surface area (Å²) in [5, 5.41) is 9.28. The Bertz CT molecular complexity index is 3420. The number of nitrogens with zero attached hydrogens (tertiary/aromatic N) is 2. The number of furan rings is 2. The predicted octanol–water partition coefficient (Wildman–Crippen LogP) is 16.4. The molecule has 60 heavy (non-hydrogen) atoms. The molecular formula is C56H34N2O2. The number of hydrogen-bond acceptors (Lipinski definition) is 4. The van der Waals surface area contributed by atoms with Crippen LogP contribution < -0.4 is 9.80 Å². The first-order valence-electron chi connectivity index (χ1n) is 20.4. The maximum absolute atomic E-state index is 6.56. The van der Waals surface area contributed by atoms with Gasteiger partial charge in [0.05, 0.1) is 11.4 Å². The predicted molar refractivity (Wildman–Crippen MR) is 250 cm³/mol. The number of fused-ring (bicyclic) bond motifs is 12. The summed E-state index contributed by atoms with van der Waals surface area (Å²) in [5.41, 5.74) is 15.0. The highest BCUT2D eigenvalue weighted by atomic mass is 16.3. The van der Waals surface area contributed by atoms with E-state index < -0.39 is 0 Å². The van der Waals surface area contributed by atoms with E-state index in [-0.39, 0.29) is 0 Å². The maximum atomic E-state index is 6.56. The largest absolute Gasteiger partial charge is 0.454 e. The summed E-state index contributed by atoms with van der Waals surface area (Å²) in [4.78, 5) is 4.63. The average Bonchev–Trinajstić information content (AvgIpc) is 3.89. The molecule has 0 atom stereocenters. The molecule has 1 aliphatic carbocycles. The smallest absolute Gasteiger partial charge is 0.159 e. The van der Waals surface area contributed by atoms with Crippen molar-refractivity contribution in [3.8, 4) is 22.3 Å². The van der Waals surface area contributed by atoms with Crippen LogP contribution in [0.25, 0.3) is 87.7 Å². The minimum atomic E-state index is 0.877. The summed E-state index contributed by atoms with van der Waals surface area (Å²) < 4.78 is 13.1. The quantitative estimate of drug-likeness (QED) is 0.169. The minimum Gasteiger partial charge on any atom is -0.454 e. The summed E-state index contributed by atoms with van der Waals surface area (Å²) >= 11 is 0. The second-order valence-corrected chi connectivity index (χ2v) is 15.7. The van der Waals surface area contributed by atoms with Crippen LogP contribution in [-0.4, -0.2) is 0 Å². The lowest BCUT2D eigenvalue weighted by Gasteiger charge is -2.28. The van der Waals surface area contributed by atoms with Gasteiger partial charge in [0.1, 0.15) is 11.2 Å². The van der Waals surface area contributed by atoms with Gasteiger partial charge in [0.25, 0.3) is 0 Å².